The highest BCUT2D eigenvalue weighted by Gasteiger charge is 2.14. The molecule has 0 unspecified atom stereocenters. The third-order valence-electron chi connectivity index (χ3n) is 2.74. The maximum absolute atomic E-state index is 11.2. The van der Waals surface area contributed by atoms with E-state index in [9.17, 15) is 14.9 Å². The third kappa shape index (κ3) is 3.13. The summed E-state index contributed by atoms with van der Waals surface area (Å²) in [4.78, 5) is 21.2. The zero-order chi connectivity index (χ0) is 13.0. The molecule has 6 heteroatoms. The second-order valence-electron chi connectivity index (χ2n) is 4.16. The number of nitro groups is 1. The van der Waals surface area contributed by atoms with Crippen LogP contribution in [-0.2, 0) is 4.79 Å². The lowest BCUT2D eigenvalue weighted by Crippen LogP contribution is -2.15. The van der Waals surface area contributed by atoms with Gasteiger partial charge in [0.25, 0.3) is 5.69 Å². The molecule has 18 heavy (non-hydrogen) atoms. The maximum atomic E-state index is 11.2. The lowest BCUT2D eigenvalue weighted by molar-refractivity contribution is -0.384. The van der Waals surface area contributed by atoms with Crippen molar-refractivity contribution in [3.63, 3.8) is 0 Å². The number of rotatable bonds is 3. The summed E-state index contributed by atoms with van der Waals surface area (Å²) in [5, 5.41) is 14.6. The summed E-state index contributed by atoms with van der Waals surface area (Å²) in [5.41, 5.74) is 4.37. The molecule has 6 nitrogen and oxygen atoms in total. The number of carbonyl (C=O) groups is 1. The van der Waals surface area contributed by atoms with Gasteiger partial charge in [-0.1, -0.05) is 0 Å². The minimum atomic E-state index is -0.449. The van der Waals surface area contributed by atoms with Crippen molar-refractivity contribution in [2.45, 2.75) is 25.7 Å². The number of benzene rings is 1. The van der Waals surface area contributed by atoms with Crippen LogP contribution in [-0.4, -0.2) is 16.4 Å². The van der Waals surface area contributed by atoms with Gasteiger partial charge in [-0.15, -0.1) is 0 Å². The molecule has 1 aromatic carbocycles. The zero-order valence-electron chi connectivity index (χ0n) is 9.76. The van der Waals surface area contributed by atoms with Crippen molar-refractivity contribution in [2.24, 2.45) is 5.10 Å². The van der Waals surface area contributed by atoms with Gasteiger partial charge in [-0.25, -0.2) is 0 Å². The minimum absolute atomic E-state index is 0.0426. The van der Waals surface area contributed by atoms with E-state index in [1.807, 2.05) is 0 Å². The molecule has 1 aromatic rings. The van der Waals surface area contributed by atoms with Gasteiger partial charge >= 0.3 is 0 Å². The fourth-order valence-corrected chi connectivity index (χ4v) is 1.79. The summed E-state index contributed by atoms with van der Waals surface area (Å²) in [6.07, 6.45) is 2.71. The van der Waals surface area contributed by atoms with Gasteiger partial charge in [-0.2, -0.15) is 5.10 Å². The number of carbonyl (C=O) groups excluding carboxylic acids is 1. The van der Waals surface area contributed by atoms with Crippen LogP contribution in [0.3, 0.4) is 0 Å². The first-order valence-corrected chi connectivity index (χ1v) is 5.73. The number of nitrogens with one attached hydrogen (secondary N) is 1. The number of hydrazone groups is 1. The average Bonchev–Trinajstić information content (AvgIpc) is 2.37. The van der Waals surface area contributed by atoms with Gasteiger partial charge in [0.05, 0.1) is 10.6 Å². The lowest BCUT2D eigenvalue weighted by Gasteiger charge is -2.11. The molecule has 0 aliphatic heterocycles. The van der Waals surface area contributed by atoms with E-state index in [1.54, 1.807) is 12.1 Å². The van der Waals surface area contributed by atoms with Gasteiger partial charge in [-0.3, -0.25) is 20.3 Å². The topological polar surface area (TPSA) is 84.6 Å². The number of hydrogen-bond donors (Lipinski definition) is 1. The van der Waals surface area contributed by atoms with Gasteiger partial charge in [0.15, 0.2) is 0 Å². The van der Waals surface area contributed by atoms with Crippen molar-refractivity contribution in [3.05, 3.63) is 34.4 Å². The summed E-state index contributed by atoms with van der Waals surface area (Å²) in [6, 6.07) is 6.00. The first-order chi connectivity index (χ1) is 8.65. The van der Waals surface area contributed by atoms with Crippen molar-refractivity contribution in [1.29, 1.82) is 0 Å². The summed E-state index contributed by atoms with van der Waals surface area (Å²) >= 11 is 0. The molecule has 0 aromatic heterocycles. The number of hydrogen-bond acceptors (Lipinski definition) is 5. The minimum Gasteiger partial charge on any atom is -0.299 e. The SMILES string of the molecule is O=C1CCCC(=NNc2ccc([N+](=O)[O-])cc2)C1. The molecule has 1 aliphatic rings. The molecule has 1 N–H and O–H groups in total. The van der Waals surface area contributed by atoms with Crippen LogP contribution in [0, 0.1) is 10.1 Å². The normalized spacial score (nSPS) is 17.8. The van der Waals surface area contributed by atoms with Crippen molar-refractivity contribution in [2.75, 3.05) is 5.43 Å². The lowest BCUT2D eigenvalue weighted by atomic mass is 9.97. The van der Waals surface area contributed by atoms with Crippen molar-refractivity contribution in [3.8, 4) is 0 Å². The fraction of sp³-hybridized carbons (Fsp3) is 0.333. The van der Waals surface area contributed by atoms with Crippen LogP contribution in [0.15, 0.2) is 29.4 Å². The molecule has 0 bridgehead atoms. The average molecular weight is 247 g/mol. The van der Waals surface area contributed by atoms with Crippen LogP contribution in [0.2, 0.25) is 0 Å². The van der Waals surface area contributed by atoms with Crippen LogP contribution < -0.4 is 5.43 Å². The standard InChI is InChI=1S/C12H13N3O3/c16-12-3-1-2-10(8-12)14-13-9-4-6-11(7-5-9)15(17)18/h4-7,13H,1-3,8H2. The smallest absolute Gasteiger partial charge is 0.269 e. The zero-order valence-corrected chi connectivity index (χ0v) is 9.76. The Labute approximate surface area is 104 Å². The Morgan fingerprint density at radius 2 is 1.94 bits per heavy atom. The summed E-state index contributed by atoms with van der Waals surface area (Å²) in [5.74, 6) is 0.213. The van der Waals surface area contributed by atoms with E-state index in [2.05, 4.69) is 10.5 Å². The van der Waals surface area contributed by atoms with Gasteiger partial charge in [0, 0.05) is 30.7 Å². The number of ketones is 1. The van der Waals surface area contributed by atoms with E-state index in [1.165, 1.54) is 12.1 Å². The summed E-state index contributed by atoms with van der Waals surface area (Å²) in [7, 11) is 0. The van der Waals surface area contributed by atoms with Crippen LogP contribution >= 0.6 is 0 Å². The van der Waals surface area contributed by atoms with E-state index in [0.717, 1.165) is 18.6 Å². The molecule has 0 saturated heterocycles. The fourth-order valence-electron chi connectivity index (χ4n) is 1.79. The van der Waals surface area contributed by atoms with E-state index in [-0.39, 0.29) is 11.5 Å². The van der Waals surface area contributed by atoms with Crippen LogP contribution in [0.4, 0.5) is 11.4 Å². The molecule has 0 atom stereocenters. The van der Waals surface area contributed by atoms with Crippen molar-refractivity contribution >= 4 is 22.9 Å². The Kier molecular flexibility index (Phi) is 3.66. The Morgan fingerprint density at radius 3 is 2.56 bits per heavy atom. The predicted octanol–water partition coefficient (Wildman–Crippen LogP) is 2.51. The Hall–Kier alpha value is -2.24. The number of anilines is 1. The van der Waals surface area contributed by atoms with E-state index in [0.29, 0.717) is 18.5 Å². The molecule has 1 aliphatic carbocycles. The Balaban J connectivity index is 1.99. The number of non-ortho nitro benzene ring substituents is 1. The van der Waals surface area contributed by atoms with Crippen LogP contribution in [0.5, 0.6) is 0 Å². The van der Waals surface area contributed by atoms with E-state index >= 15 is 0 Å². The molecule has 0 radical (unpaired) electrons. The predicted molar refractivity (Wildman–Crippen MR) is 67.6 cm³/mol. The van der Waals surface area contributed by atoms with Gasteiger partial charge < -0.3 is 0 Å². The number of Topliss-reactive ketones (excluding diaryl/α,β-unsaturated/α-hetero) is 1. The van der Waals surface area contributed by atoms with Gasteiger partial charge in [0.1, 0.15) is 5.78 Å². The maximum Gasteiger partial charge on any atom is 0.269 e. The van der Waals surface area contributed by atoms with Crippen molar-refractivity contribution in [1.82, 2.24) is 0 Å². The highest BCUT2D eigenvalue weighted by Crippen LogP contribution is 2.16. The molecule has 0 amide bonds. The summed E-state index contributed by atoms with van der Waals surface area (Å²) < 4.78 is 0. The third-order valence-corrected chi connectivity index (χ3v) is 2.74. The van der Waals surface area contributed by atoms with Crippen LogP contribution in [0.1, 0.15) is 25.7 Å². The second-order valence-corrected chi connectivity index (χ2v) is 4.16. The quantitative estimate of drug-likeness (QED) is 0.656. The molecule has 94 valence electrons. The highest BCUT2D eigenvalue weighted by molar-refractivity contribution is 6.04. The summed E-state index contributed by atoms with van der Waals surface area (Å²) in [6.45, 7) is 0. The molecular formula is C12H13N3O3. The van der Waals surface area contributed by atoms with Gasteiger partial charge in [0.2, 0.25) is 0 Å². The Morgan fingerprint density at radius 1 is 1.22 bits per heavy atom. The first-order valence-electron chi connectivity index (χ1n) is 5.73. The largest absolute Gasteiger partial charge is 0.299 e. The molecule has 1 saturated carbocycles. The van der Waals surface area contributed by atoms with Crippen molar-refractivity contribution < 1.29 is 9.72 Å². The Bertz CT molecular complexity index is 494. The van der Waals surface area contributed by atoms with E-state index < -0.39 is 4.92 Å². The highest BCUT2D eigenvalue weighted by atomic mass is 16.6. The van der Waals surface area contributed by atoms with E-state index in [4.69, 9.17) is 0 Å². The second kappa shape index (κ2) is 5.39. The molecular weight excluding hydrogens is 234 g/mol. The number of nitrogens with zero attached hydrogens (tertiary/aromatic N) is 2. The molecule has 0 spiro atoms. The number of nitro benzene ring substituents is 1. The first kappa shape index (κ1) is 12.2. The van der Waals surface area contributed by atoms with Gasteiger partial charge in [-0.05, 0) is 25.0 Å². The molecule has 2 rings (SSSR count). The molecule has 1 fully saturated rings. The molecule has 0 heterocycles. The monoisotopic (exact) mass is 247 g/mol. The van der Waals surface area contributed by atoms with Crippen LogP contribution in [0.25, 0.3) is 0 Å².